The third-order valence-corrected chi connectivity index (χ3v) is 3.90. The molecule has 1 aromatic carbocycles. The predicted octanol–water partition coefficient (Wildman–Crippen LogP) is 3.36. The molecule has 4 nitrogen and oxygen atoms in total. The minimum atomic E-state index is -0.812. The van der Waals surface area contributed by atoms with Crippen LogP contribution in [0, 0.1) is 26.2 Å². The topological polar surface area (TPSA) is 46.1 Å². The molecule has 0 unspecified atom stereocenters. The van der Waals surface area contributed by atoms with Crippen LogP contribution >= 0.6 is 0 Å². The number of rotatable bonds is 3. The molecule has 0 amide bonds. The summed E-state index contributed by atoms with van der Waals surface area (Å²) in [5.41, 5.74) is 4.35. The molecule has 1 heterocycles. The van der Waals surface area contributed by atoms with E-state index in [2.05, 4.69) is 32.9 Å². The van der Waals surface area contributed by atoms with Gasteiger partial charge in [-0.1, -0.05) is 38.5 Å². The van der Waals surface area contributed by atoms with Gasteiger partial charge in [-0.05, 0) is 31.9 Å². The second-order valence-electron chi connectivity index (χ2n) is 7.12. The largest absolute Gasteiger partial charge is 0.478 e. The SMILES string of the molecule is Cc1cc(C)c(-n2cc[n+]([C@H](C(=O)O)C(C)(C)C)c2)c(C)c1. The zero-order chi connectivity index (χ0) is 16.7. The quantitative estimate of drug-likeness (QED) is 0.884. The molecule has 0 fully saturated rings. The average Bonchev–Trinajstić information content (AvgIpc) is 2.73. The first-order valence-electron chi connectivity index (χ1n) is 7.51. The summed E-state index contributed by atoms with van der Waals surface area (Å²) in [7, 11) is 0. The molecule has 0 aliphatic carbocycles. The fraction of sp³-hybridized carbons (Fsp3) is 0.444. The molecule has 2 aromatic rings. The molecule has 4 heteroatoms. The van der Waals surface area contributed by atoms with E-state index in [9.17, 15) is 9.90 Å². The minimum Gasteiger partial charge on any atom is -0.478 e. The van der Waals surface area contributed by atoms with E-state index in [-0.39, 0.29) is 5.41 Å². The van der Waals surface area contributed by atoms with Crippen LogP contribution in [0.2, 0.25) is 0 Å². The number of benzene rings is 1. The Bertz CT molecular complexity index is 685. The Kier molecular flexibility index (Phi) is 4.14. The molecular formula is C18H25N2O2+. The van der Waals surface area contributed by atoms with Crippen molar-refractivity contribution in [2.24, 2.45) is 5.41 Å². The lowest BCUT2D eigenvalue weighted by molar-refractivity contribution is -0.722. The van der Waals surface area contributed by atoms with Gasteiger partial charge in [0.25, 0.3) is 0 Å². The van der Waals surface area contributed by atoms with E-state index in [1.807, 2.05) is 44.1 Å². The highest BCUT2D eigenvalue weighted by Crippen LogP contribution is 2.27. The zero-order valence-electron chi connectivity index (χ0n) is 14.2. The maximum Gasteiger partial charge on any atom is 0.349 e. The Morgan fingerprint density at radius 2 is 1.73 bits per heavy atom. The van der Waals surface area contributed by atoms with Crippen LogP contribution in [0.4, 0.5) is 0 Å². The molecule has 0 bridgehead atoms. The molecule has 1 atom stereocenters. The zero-order valence-corrected chi connectivity index (χ0v) is 14.2. The van der Waals surface area contributed by atoms with Crippen molar-refractivity contribution in [1.82, 2.24) is 4.57 Å². The maximum atomic E-state index is 11.6. The van der Waals surface area contributed by atoms with Crippen LogP contribution in [0.25, 0.3) is 5.69 Å². The van der Waals surface area contributed by atoms with Gasteiger partial charge in [-0.15, -0.1) is 0 Å². The third-order valence-electron chi connectivity index (χ3n) is 3.90. The molecule has 0 saturated heterocycles. The first kappa shape index (κ1) is 16.3. The van der Waals surface area contributed by atoms with Gasteiger partial charge < -0.3 is 5.11 Å². The van der Waals surface area contributed by atoms with E-state index in [0.717, 1.165) is 5.69 Å². The molecule has 1 N–H and O–H groups in total. The Morgan fingerprint density at radius 3 is 2.18 bits per heavy atom. The number of nitrogens with zero attached hydrogens (tertiary/aromatic N) is 2. The van der Waals surface area contributed by atoms with Gasteiger partial charge in [-0.25, -0.2) is 13.9 Å². The van der Waals surface area contributed by atoms with Crippen LogP contribution in [-0.2, 0) is 4.79 Å². The molecule has 1 aromatic heterocycles. The second kappa shape index (κ2) is 5.59. The number of carbonyl (C=O) groups is 1. The van der Waals surface area contributed by atoms with E-state index >= 15 is 0 Å². The number of carboxylic acids is 1. The van der Waals surface area contributed by atoms with E-state index in [1.54, 1.807) is 4.57 Å². The summed E-state index contributed by atoms with van der Waals surface area (Å²) in [5, 5.41) is 9.56. The number of aromatic nitrogens is 2. The van der Waals surface area contributed by atoms with Gasteiger partial charge >= 0.3 is 5.97 Å². The van der Waals surface area contributed by atoms with Gasteiger partial charge in [0.15, 0.2) is 0 Å². The van der Waals surface area contributed by atoms with Crippen LogP contribution in [-0.4, -0.2) is 15.6 Å². The monoisotopic (exact) mass is 301 g/mol. The van der Waals surface area contributed by atoms with Crippen molar-refractivity contribution in [2.45, 2.75) is 47.6 Å². The van der Waals surface area contributed by atoms with Gasteiger partial charge in [0.2, 0.25) is 12.4 Å². The summed E-state index contributed by atoms with van der Waals surface area (Å²) in [6.45, 7) is 12.1. The van der Waals surface area contributed by atoms with Gasteiger partial charge in [0.05, 0.1) is 0 Å². The second-order valence-corrected chi connectivity index (χ2v) is 7.12. The van der Waals surface area contributed by atoms with Crippen molar-refractivity contribution in [3.63, 3.8) is 0 Å². The molecule has 0 radical (unpaired) electrons. The summed E-state index contributed by atoms with van der Waals surface area (Å²) in [4.78, 5) is 11.6. The Labute approximate surface area is 132 Å². The van der Waals surface area contributed by atoms with Gasteiger partial charge in [0.1, 0.15) is 18.1 Å². The van der Waals surface area contributed by atoms with Crippen molar-refractivity contribution >= 4 is 5.97 Å². The van der Waals surface area contributed by atoms with Crippen molar-refractivity contribution in [1.29, 1.82) is 0 Å². The number of hydrogen-bond donors (Lipinski definition) is 1. The van der Waals surface area contributed by atoms with Gasteiger partial charge in [0, 0.05) is 5.41 Å². The number of aliphatic carboxylic acids is 1. The molecule has 0 saturated carbocycles. The summed E-state index contributed by atoms with van der Waals surface area (Å²) in [6.07, 6.45) is 5.63. The van der Waals surface area contributed by atoms with Gasteiger partial charge in [-0.2, -0.15) is 0 Å². The lowest BCUT2D eigenvalue weighted by Crippen LogP contribution is -2.49. The highest BCUT2D eigenvalue weighted by Gasteiger charge is 2.37. The van der Waals surface area contributed by atoms with E-state index < -0.39 is 12.0 Å². The predicted molar refractivity (Wildman–Crippen MR) is 86.3 cm³/mol. The standard InChI is InChI=1S/C18H24N2O2/c1-12-9-13(2)15(14(3)10-12)19-7-8-20(11-19)16(17(21)22)18(4,5)6/h7-11,16H,1-6H3/p+1/t16-/m1/s1. The van der Waals surface area contributed by atoms with Crippen LogP contribution in [0.1, 0.15) is 43.5 Å². The molecule has 0 aliphatic heterocycles. The summed E-state index contributed by atoms with van der Waals surface area (Å²) in [5.74, 6) is -0.812. The van der Waals surface area contributed by atoms with Crippen LogP contribution in [0.3, 0.4) is 0 Å². The molecule has 22 heavy (non-hydrogen) atoms. The van der Waals surface area contributed by atoms with Crippen molar-refractivity contribution in [3.8, 4) is 5.69 Å². The fourth-order valence-electron chi connectivity index (χ4n) is 3.18. The maximum absolute atomic E-state index is 11.6. The number of carboxylic acid groups (broad SMARTS) is 1. The molecule has 118 valence electrons. The Balaban J connectivity index is 2.51. The lowest BCUT2D eigenvalue weighted by atomic mass is 9.87. The summed E-state index contributed by atoms with van der Waals surface area (Å²) < 4.78 is 3.78. The highest BCUT2D eigenvalue weighted by molar-refractivity contribution is 5.70. The normalized spacial score (nSPS) is 13.2. The molecule has 2 rings (SSSR count). The van der Waals surface area contributed by atoms with Crippen molar-refractivity contribution in [2.75, 3.05) is 0 Å². The summed E-state index contributed by atoms with van der Waals surface area (Å²) in [6, 6.07) is 3.69. The van der Waals surface area contributed by atoms with Crippen molar-refractivity contribution in [3.05, 3.63) is 47.5 Å². The van der Waals surface area contributed by atoms with E-state index in [1.165, 1.54) is 16.7 Å². The van der Waals surface area contributed by atoms with Gasteiger partial charge in [-0.3, -0.25) is 0 Å². The summed E-state index contributed by atoms with van der Waals surface area (Å²) >= 11 is 0. The fourth-order valence-corrected chi connectivity index (χ4v) is 3.18. The third kappa shape index (κ3) is 3.06. The first-order valence-corrected chi connectivity index (χ1v) is 7.51. The van der Waals surface area contributed by atoms with E-state index in [0.29, 0.717) is 0 Å². The molecular weight excluding hydrogens is 276 g/mol. The number of aryl methyl sites for hydroxylation is 3. The Morgan fingerprint density at radius 1 is 1.18 bits per heavy atom. The molecule has 0 aliphatic rings. The number of imidazole rings is 1. The van der Waals surface area contributed by atoms with Crippen molar-refractivity contribution < 1.29 is 14.5 Å². The van der Waals surface area contributed by atoms with Crippen LogP contribution < -0.4 is 4.57 Å². The molecule has 0 spiro atoms. The Hall–Kier alpha value is -2.10. The van der Waals surface area contributed by atoms with Crippen LogP contribution in [0.15, 0.2) is 30.9 Å². The minimum absolute atomic E-state index is 0.361. The highest BCUT2D eigenvalue weighted by atomic mass is 16.4. The average molecular weight is 301 g/mol. The van der Waals surface area contributed by atoms with Crippen LogP contribution in [0.5, 0.6) is 0 Å². The first-order chi connectivity index (χ1) is 10.1. The number of hydrogen-bond acceptors (Lipinski definition) is 1. The lowest BCUT2D eigenvalue weighted by Gasteiger charge is -2.23. The van der Waals surface area contributed by atoms with E-state index in [4.69, 9.17) is 0 Å². The smallest absolute Gasteiger partial charge is 0.349 e.